The maximum absolute atomic E-state index is 11.8. The van der Waals surface area contributed by atoms with Crippen LogP contribution in [0.25, 0.3) is 0 Å². The van der Waals surface area contributed by atoms with Gasteiger partial charge in [-0.15, -0.1) is 0 Å². The Balaban J connectivity index is 2.67. The quantitative estimate of drug-likeness (QED) is 0.679. The molecule has 6 nitrogen and oxygen atoms in total. The number of nitrogens with one attached hydrogen (secondary N) is 2. The molecule has 0 radical (unpaired) electrons. The fourth-order valence-electron chi connectivity index (χ4n) is 1.56. The zero-order valence-corrected chi connectivity index (χ0v) is 10.9. The number of carbonyl (C=O) groups is 3. The van der Waals surface area contributed by atoms with Crippen molar-refractivity contribution in [2.75, 3.05) is 6.54 Å². The highest BCUT2D eigenvalue weighted by molar-refractivity contribution is 6.08. The topological polar surface area (TPSA) is 78.5 Å². The van der Waals surface area contributed by atoms with E-state index in [1.807, 2.05) is 20.8 Å². The molecule has 0 unspecified atom stereocenters. The standard InChI is InChI=1S/C11H19N3O3/c1-10(2,3)12-7(15)6-14-8(16)11(4,5)13-9(14)17/h6H2,1-5H3,(H,12,15)(H,13,17). The third-order valence-corrected chi connectivity index (χ3v) is 2.26. The Kier molecular flexibility index (Phi) is 3.18. The Labute approximate surface area is 101 Å². The van der Waals surface area contributed by atoms with E-state index in [0.29, 0.717) is 0 Å². The summed E-state index contributed by atoms with van der Waals surface area (Å²) in [6, 6.07) is -0.524. The molecule has 1 aliphatic rings. The van der Waals surface area contributed by atoms with Gasteiger partial charge in [0.25, 0.3) is 5.91 Å². The highest BCUT2D eigenvalue weighted by Crippen LogP contribution is 2.16. The van der Waals surface area contributed by atoms with Gasteiger partial charge in [-0.2, -0.15) is 0 Å². The van der Waals surface area contributed by atoms with Gasteiger partial charge in [-0.3, -0.25) is 14.5 Å². The summed E-state index contributed by atoms with van der Waals surface area (Å²) in [7, 11) is 0. The summed E-state index contributed by atoms with van der Waals surface area (Å²) < 4.78 is 0. The molecule has 0 saturated carbocycles. The number of carbonyl (C=O) groups excluding carboxylic acids is 3. The maximum Gasteiger partial charge on any atom is 0.325 e. The van der Waals surface area contributed by atoms with Gasteiger partial charge in [0.2, 0.25) is 5.91 Å². The minimum Gasteiger partial charge on any atom is -0.350 e. The Hall–Kier alpha value is -1.59. The first-order valence-corrected chi connectivity index (χ1v) is 5.48. The zero-order valence-electron chi connectivity index (χ0n) is 10.9. The molecule has 0 aromatic carbocycles. The summed E-state index contributed by atoms with van der Waals surface area (Å²) in [5.41, 5.74) is -1.31. The van der Waals surface area contributed by atoms with Gasteiger partial charge in [0.15, 0.2) is 0 Å². The molecule has 1 saturated heterocycles. The van der Waals surface area contributed by atoms with Crippen LogP contribution in [-0.4, -0.2) is 40.4 Å². The van der Waals surface area contributed by atoms with Gasteiger partial charge in [0.05, 0.1) is 0 Å². The van der Waals surface area contributed by atoms with Crippen LogP contribution in [0.15, 0.2) is 0 Å². The highest BCUT2D eigenvalue weighted by atomic mass is 16.2. The Morgan fingerprint density at radius 3 is 2.24 bits per heavy atom. The largest absolute Gasteiger partial charge is 0.350 e. The third kappa shape index (κ3) is 3.18. The van der Waals surface area contributed by atoms with Crippen molar-refractivity contribution in [1.29, 1.82) is 0 Å². The van der Waals surface area contributed by atoms with Crippen LogP contribution >= 0.6 is 0 Å². The summed E-state index contributed by atoms with van der Waals surface area (Å²) >= 11 is 0. The first-order valence-electron chi connectivity index (χ1n) is 5.48. The maximum atomic E-state index is 11.8. The Morgan fingerprint density at radius 2 is 1.88 bits per heavy atom. The molecule has 4 amide bonds. The predicted molar refractivity (Wildman–Crippen MR) is 62.2 cm³/mol. The molecule has 0 atom stereocenters. The van der Waals surface area contributed by atoms with E-state index in [1.54, 1.807) is 13.8 Å². The van der Waals surface area contributed by atoms with E-state index >= 15 is 0 Å². The minimum atomic E-state index is -0.931. The molecule has 0 aliphatic carbocycles. The second kappa shape index (κ2) is 4.01. The van der Waals surface area contributed by atoms with Crippen molar-refractivity contribution >= 4 is 17.8 Å². The summed E-state index contributed by atoms with van der Waals surface area (Å²) in [5.74, 6) is -0.731. The average molecular weight is 241 g/mol. The van der Waals surface area contributed by atoms with Crippen molar-refractivity contribution in [1.82, 2.24) is 15.5 Å². The molecule has 6 heteroatoms. The van der Waals surface area contributed by atoms with Crippen molar-refractivity contribution < 1.29 is 14.4 Å². The van der Waals surface area contributed by atoms with E-state index in [9.17, 15) is 14.4 Å². The van der Waals surface area contributed by atoms with Gasteiger partial charge in [0, 0.05) is 5.54 Å². The molecule has 0 spiro atoms. The van der Waals surface area contributed by atoms with Crippen molar-refractivity contribution in [3.8, 4) is 0 Å². The van der Waals surface area contributed by atoms with Crippen LogP contribution in [0.2, 0.25) is 0 Å². The number of amides is 4. The molecule has 2 N–H and O–H groups in total. The van der Waals surface area contributed by atoms with Gasteiger partial charge in [0.1, 0.15) is 12.1 Å². The van der Waals surface area contributed by atoms with Gasteiger partial charge in [-0.05, 0) is 34.6 Å². The van der Waals surface area contributed by atoms with Crippen LogP contribution in [0.1, 0.15) is 34.6 Å². The van der Waals surface area contributed by atoms with Crippen molar-refractivity contribution in [2.45, 2.75) is 45.7 Å². The van der Waals surface area contributed by atoms with E-state index in [0.717, 1.165) is 4.90 Å². The van der Waals surface area contributed by atoms with Crippen molar-refractivity contribution in [3.63, 3.8) is 0 Å². The first-order chi connectivity index (χ1) is 7.53. The lowest BCUT2D eigenvalue weighted by atomic mass is 10.1. The van der Waals surface area contributed by atoms with Crippen molar-refractivity contribution in [3.05, 3.63) is 0 Å². The first kappa shape index (κ1) is 13.5. The lowest BCUT2D eigenvalue weighted by Crippen LogP contribution is -2.48. The second-order valence-electron chi connectivity index (χ2n) is 5.74. The molecule has 0 aromatic rings. The molecular weight excluding hydrogens is 222 g/mol. The van der Waals surface area contributed by atoms with Gasteiger partial charge in [-0.25, -0.2) is 4.79 Å². The molecule has 1 heterocycles. The number of hydrogen-bond donors (Lipinski definition) is 2. The molecule has 1 rings (SSSR count). The summed E-state index contributed by atoms with van der Waals surface area (Å²) in [4.78, 5) is 35.9. The van der Waals surface area contributed by atoms with Crippen LogP contribution in [0.4, 0.5) is 4.79 Å². The second-order valence-corrected chi connectivity index (χ2v) is 5.74. The van der Waals surface area contributed by atoms with Gasteiger partial charge < -0.3 is 10.6 Å². The Bertz CT molecular complexity index is 369. The average Bonchev–Trinajstić information content (AvgIpc) is 2.24. The van der Waals surface area contributed by atoms with Crippen LogP contribution in [-0.2, 0) is 9.59 Å². The normalized spacial score (nSPS) is 19.2. The third-order valence-electron chi connectivity index (χ3n) is 2.26. The number of hydrogen-bond acceptors (Lipinski definition) is 3. The summed E-state index contributed by atoms with van der Waals surface area (Å²) in [6.45, 7) is 8.47. The molecule has 96 valence electrons. The number of imide groups is 1. The SMILES string of the molecule is CC(C)(C)NC(=O)CN1C(=O)NC(C)(C)C1=O. The molecule has 0 bridgehead atoms. The number of rotatable bonds is 2. The van der Waals surface area contributed by atoms with Crippen LogP contribution < -0.4 is 10.6 Å². The fraction of sp³-hybridized carbons (Fsp3) is 0.727. The summed E-state index contributed by atoms with van der Waals surface area (Å²) in [5, 5.41) is 5.22. The lowest BCUT2D eigenvalue weighted by molar-refractivity contribution is -0.134. The van der Waals surface area contributed by atoms with Gasteiger partial charge in [-0.1, -0.05) is 0 Å². The van der Waals surface area contributed by atoms with E-state index in [2.05, 4.69) is 10.6 Å². The van der Waals surface area contributed by atoms with Gasteiger partial charge >= 0.3 is 6.03 Å². The number of urea groups is 1. The fourth-order valence-corrected chi connectivity index (χ4v) is 1.56. The summed E-state index contributed by atoms with van der Waals surface area (Å²) in [6.07, 6.45) is 0. The van der Waals surface area contributed by atoms with E-state index in [-0.39, 0.29) is 23.9 Å². The van der Waals surface area contributed by atoms with E-state index in [4.69, 9.17) is 0 Å². The minimum absolute atomic E-state index is 0.245. The Morgan fingerprint density at radius 1 is 1.35 bits per heavy atom. The predicted octanol–water partition coefficient (Wildman–Crippen LogP) is 0.231. The van der Waals surface area contributed by atoms with E-state index in [1.165, 1.54) is 0 Å². The van der Waals surface area contributed by atoms with E-state index < -0.39 is 11.6 Å². The molecule has 17 heavy (non-hydrogen) atoms. The smallest absolute Gasteiger partial charge is 0.325 e. The highest BCUT2D eigenvalue weighted by Gasteiger charge is 2.44. The zero-order chi connectivity index (χ0) is 13.4. The molecule has 1 fully saturated rings. The molecule has 1 aliphatic heterocycles. The van der Waals surface area contributed by atoms with Crippen LogP contribution in [0.3, 0.4) is 0 Å². The molecular formula is C11H19N3O3. The van der Waals surface area contributed by atoms with Crippen LogP contribution in [0.5, 0.6) is 0 Å². The monoisotopic (exact) mass is 241 g/mol. The molecule has 0 aromatic heterocycles. The number of nitrogens with zero attached hydrogens (tertiary/aromatic N) is 1. The lowest BCUT2D eigenvalue weighted by Gasteiger charge is -2.22. The van der Waals surface area contributed by atoms with Crippen molar-refractivity contribution in [2.24, 2.45) is 0 Å². The van der Waals surface area contributed by atoms with Crippen LogP contribution in [0, 0.1) is 0 Å².